The van der Waals surface area contributed by atoms with Crippen LogP contribution in [0, 0.1) is 20.8 Å². The van der Waals surface area contributed by atoms with E-state index in [1.54, 1.807) is 10.7 Å². The second kappa shape index (κ2) is 6.27. The predicted molar refractivity (Wildman–Crippen MR) is 89.8 cm³/mol. The van der Waals surface area contributed by atoms with Crippen LogP contribution in [-0.2, 0) is 6.54 Å². The van der Waals surface area contributed by atoms with E-state index in [2.05, 4.69) is 20.6 Å². The topological polar surface area (TPSA) is 85.8 Å². The lowest BCUT2D eigenvalue weighted by Crippen LogP contribution is -2.17. The summed E-state index contributed by atoms with van der Waals surface area (Å²) in [6.07, 6.45) is 0. The maximum Gasteiger partial charge on any atom is 0.322 e. The van der Waals surface area contributed by atoms with Gasteiger partial charge in [-0.1, -0.05) is 22.8 Å². The van der Waals surface area contributed by atoms with E-state index in [1.165, 1.54) is 0 Å². The Balaban J connectivity index is 1.82. The van der Waals surface area contributed by atoms with Crippen LogP contribution in [0.25, 0.3) is 11.5 Å². The molecule has 0 aliphatic rings. The summed E-state index contributed by atoms with van der Waals surface area (Å²) in [5.74, 6) is 0.0521. The molecule has 0 aliphatic carbocycles. The third-order valence-electron chi connectivity index (χ3n) is 3.69. The van der Waals surface area contributed by atoms with E-state index in [0.717, 1.165) is 22.4 Å². The van der Waals surface area contributed by atoms with Crippen LogP contribution in [0.1, 0.15) is 34.2 Å². The van der Waals surface area contributed by atoms with Crippen molar-refractivity contribution >= 4 is 11.9 Å². The molecule has 2 aromatic heterocycles. The first kappa shape index (κ1) is 15.9. The Kier molecular flexibility index (Phi) is 4.16. The molecule has 3 rings (SSSR count). The number of aryl methyl sites for hydroxylation is 4. The molecule has 0 unspecified atom stereocenters. The van der Waals surface area contributed by atoms with Gasteiger partial charge in [0.1, 0.15) is 5.69 Å². The molecule has 2 heterocycles. The predicted octanol–water partition coefficient (Wildman–Crippen LogP) is 3.13. The Labute approximate surface area is 139 Å². The lowest BCUT2D eigenvalue weighted by Gasteiger charge is -2.03. The molecule has 0 saturated heterocycles. The first-order chi connectivity index (χ1) is 11.5. The van der Waals surface area contributed by atoms with Gasteiger partial charge in [-0.2, -0.15) is 5.10 Å². The monoisotopic (exact) mass is 325 g/mol. The van der Waals surface area contributed by atoms with E-state index in [-0.39, 0.29) is 11.9 Å². The Morgan fingerprint density at radius 3 is 2.71 bits per heavy atom. The number of amides is 1. The highest BCUT2D eigenvalue weighted by atomic mass is 16.4. The van der Waals surface area contributed by atoms with Crippen LogP contribution in [0.4, 0.5) is 6.01 Å². The highest BCUT2D eigenvalue weighted by Crippen LogP contribution is 2.24. The maximum atomic E-state index is 12.4. The fraction of sp³-hybridized carbons (Fsp3) is 0.294. The van der Waals surface area contributed by atoms with Crippen molar-refractivity contribution in [2.24, 2.45) is 0 Å². The van der Waals surface area contributed by atoms with Gasteiger partial charge in [-0.25, -0.2) is 0 Å². The second-order valence-electron chi connectivity index (χ2n) is 5.67. The molecular formula is C17H19N5O2. The average Bonchev–Trinajstić information content (AvgIpc) is 3.13. The number of nitrogens with one attached hydrogen (secondary N) is 1. The second-order valence-corrected chi connectivity index (χ2v) is 5.67. The van der Waals surface area contributed by atoms with Crippen molar-refractivity contribution in [1.29, 1.82) is 0 Å². The number of hydrogen-bond acceptors (Lipinski definition) is 5. The van der Waals surface area contributed by atoms with Gasteiger partial charge in [-0.15, -0.1) is 5.10 Å². The summed E-state index contributed by atoms with van der Waals surface area (Å²) in [7, 11) is 0. The molecule has 24 heavy (non-hydrogen) atoms. The summed E-state index contributed by atoms with van der Waals surface area (Å²) >= 11 is 0. The fourth-order valence-electron chi connectivity index (χ4n) is 2.57. The van der Waals surface area contributed by atoms with Gasteiger partial charge >= 0.3 is 6.01 Å². The smallest absolute Gasteiger partial charge is 0.322 e. The van der Waals surface area contributed by atoms with E-state index < -0.39 is 0 Å². The lowest BCUT2D eigenvalue weighted by atomic mass is 10.1. The molecule has 1 N–H and O–H groups in total. The number of carbonyl (C=O) groups is 1. The van der Waals surface area contributed by atoms with E-state index in [1.807, 2.05) is 45.9 Å². The molecule has 0 atom stereocenters. The number of nitrogens with zero attached hydrogens (tertiary/aromatic N) is 4. The van der Waals surface area contributed by atoms with Gasteiger partial charge in [0.25, 0.3) is 5.91 Å². The summed E-state index contributed by atoms with van der Waals surface area (Å²) in [4.78, 5) is 12.4. The molecule has 0 bridgehead atoms. The van der Waals surface area contributed by atoms with Gasteiger partial charge in [-0.05, 0) is 45.4 Å². The summed E-state index contributed by atoms with van der Waals surface area (Å²) in [5.41, 5.74) is 4.29. The third-order valence-corrected chi connectivity index (χ3v) is 3.69. The van der Waals surface area contributed by atoms with Crippen LogP contribution in [0.3, 0.4) is 0 Å². The standard InChI is InChI=1S/C17H19N5O2/c1-5-22-14(9-12(4)21-22)15(23)18-17-20-19-16(24-17)13-7-6-10(2)8-11(13)3/h6-9H,5H2,1-4H3,(H,18,20,23). The first-order valence-electron chi connectivity index (χ1n) is 7.75. The van der Waals surface area contributed by atoms with Crippen LogP contribution in [-0.4, -0.2) is 25.9 Å². The van der Waals surface area contributed by atoms with E-state index in [4.69, 9.17) is 4.42 Å². The molecule has 7 nitrogen and oxygen atoms in total. The van der Waals surface area contributed by atoms with Crippen LogP contribution in [0.15, 0.2) is 28.7 Å². The van der Waals surface area contributed by atoms with Crippen molar-refractivity contribution in [1.82, 2.24) is 20.0 Å². The van der Waals surface area contributed by atoms with Crippen molar-refractivity contribution in [2.45, 2.75) is 34.2 Å². The fourth-order valence-corrected chi connectivity index (χ4v) is 2.57. The number of rotatable bonds is 4. The number of hydrogen-bond donors (Lipinski definition) is 1. The Hall–Kier alpha value is -2.96. The zero-order valence-electron chi connectivity index (χ0n) is 14.1. The van der Waals surface area contributed by atoms with Gasteiger partial charge in [0.05, 0.1) is 5.69 Å². The summed E-state index contributed by atoms with van der Waals surface area (Å²) in [5, 5.41) is 14.8. The summed E-state index contributed by atoms with van der Waals surface area (Å²) in [6.45, 7) is 8.37. The van der Waals surface area contributed by atoms with Gasteiger partial charge in [0, 0.05) is 12.1 Å². The van der Waals surface area contributed by atoms with Crippen LogP contribution in [0.5, 0.6) is 0 Å². The molecule has 124 valence electrons. The third kappa shape index (κ3) is 3.05. The van der Waals surface area contributed by atoms with Crippen LogP contribution in [0.2, 0.25) is 0 Å². The van der Waals surface area contributed by atoms with Crippen molar-refractivity contribution in [2.75, 3.05) is 5.32 Å². The van der Waals surface area contributed by atoms with Gasteiger partial charge in [0.2, 0.25) is 5.89 Å². The molecule has 0 aliphatic heterocycles. The first-order valence-corrected chi connectivity index (χ1v) is 7.75. The minimum Gasteiger partial charge on any atom is -0.403 e. The highest BCUT2D eigenvalue weighted by Gasteiger charge is 2.17. The van der Waals surface area contributed by atoms with E-state index >= 15 is 0 Å². The minimum atomic E-state index is -0.326. The number of aromatic nitrogens is 4. The Morgan fingerprint density at radius 1 is 1.21 bits per heavy atom. The van der Waals surface area contributed by atoms with Crippen LogP contribution < -0.4 is 5.32 Å². The van der Waals surface area contributed by atoms with Crippen molar-refractivity contribution in [3.63, 3.8) is 0 Å². The summed E-state index contributed by atoms with van der Waals surface area (Å²) in [6, 6.07) is 7.74. The number of carbonyl (C=O) groups excluding carboxylic acids is 1. The molecule has 3 aromatic rings. The highest BCUT2D eigenvalue weighted by molar-refractivity contribution is 6.01. The van der Waals surface area contributed by atoms with E-state index in [0.29, 0.717) is 18.1 Å². The molecule has 0 radical (unpaired) electrons. The SMILES string of the molecule is CCn1nc(C)cc1C(=O)Nc1nnc(-c2ccc(C)cc2C)o1. The minimum absolute atomic E-state index is 0.0662. The zero-order valence-corrected chi connectivity index (χ0v) is 14.1. The summed E-state index contributed by atoms with van der Waals surface area (Å²) < 4.78 is 7.21. The van der Waals surface area contributed by atoms with Gasteiger partial charge < -0.3 is 4.42 Å². The molecule has 0 spiro atoms. The maximum absolute atomic E-state index is 12.4. The van der Waals surface area contributed by atoms with Crippen molar-refractivity contribution in [3.8, 4) is 11.5 Å². The number of benzene rings is 1. The number of anilines is 1. The zero-order chi connectivity index (χ0) is 17.3. The largest absolute Gasteiger partial charge is 0.403 e. The molecule has 1 amide bonds. The van der Waals surface area contributed by atoms with Gasteiger partial charge in [0.15, 0.2) is 0 Å². The van der Waals surface area contributed by atoms with Gasteiger partial charge in [-0.3, -0.25) is 14.8 Å². The van der Waals surface area contributed by atoms with Crippen molar-refractivity contribution in [3.05, 3.63) is 46.8 Å². The molecular weight excluding hydrogens is 306 g/mol. The molecule has 1 aromatic carbocycles. The molecule has 0 fully saturated rings. The molecule has 0 saturated carbocycles. The Bertz CT molecular complexity index is 894. The van der Waals surface area contributed by atoms with E-state index in [9.17, 15) is 4.79 Å². The lowest BCUT2D eigenvalue weighted by molar-refractivity contribution is 0.101. The quantitative estimate of drug-likeness (QED) is 0.796. The van der Waals surface area contributed by atoms with Crippen molar-refractivity contribution < 1.29 is 9.21 Å². The Morgan fingerprint density at radius 2 is 2.00 bits per heavy atom. The van der Waals surface area contributed by atoms with Crippen LogP contribution >= 0.6 is 0 Å². The average molecular weight is 325 g/mol. The molecule has 7 heteroatoms. The normalized spacial score (nSPS) is 10.8.